The van der Waals surface area contributed by atoms with Crippen LogP contribution >= 0.6 is 0 Å². The zero-order chi connectivity index (χ0) is 18.2. The summed E-state index contributed by atoms with van der Waals surface area (Å²) in [5.74, 6) is 0.855. The Morgan fingerprint density at radius 3 is 2.44 bits per heavy atom. The summed E-state index contributed by atoms with van der Waals surface area (Å²) in [6.07, 6.45) is 0.619. The lowest BCUT2D eigenvalue weighted by Crippen LogP contribution is -2.42. The fourth-order valence-electron chi connectivity index (χ4n) is 3.35. The molecule has 25 heavy (non-hydrogen) atoms. The first-order valence-electron chi connectivity index (χ1n) is 8.57. The molecule has 3 rings (SSSR count). The zero-order valence-electron chi connectivity index (χ0n) is 15.2. The Kier molecular flexibility index (Phi) is 4.64. The molecule has 0 radical (unpaired) electrons. The average molecular weight is 359 g/mol. The zero-order valence-corrected chi connectivity index (χ0v) is 16.0. The third-order valence-corrected chi connectivity index (χ3v) is 6.65. The van der Waals surface area contributed by atoms with Gasteiger partial charge in [0.05, 0.1) is 11.8 Å². The number of ether oxygens (including phenoxy) is 1. The van der Waals surface area contributed by atoms with Crippen LogP contribution in [0.5, 0.6) is 5.75 Å². The van der Waals surface area contributed by atoms with Crippen molar-refractivity contribution in [1.29, 1.82) is 0 Å². The largest absolute Gasteiger partial charge is 0.487 e. The number of fused-ring (bicyclic) bond motifs is 1. The van der Waals surface area contributed by atoms with Crippen LogP contribution in [-0.2, 0) is 10.0 Å². The smallest absolute Gasteiger partial charge is 0.214 e. The van der Waals surface area contributed by atoms with Gasteiger partial charge in [-0.15, -0.1) is 0 Å². The average Bonchev–Trinajstić information content (AvgIpc) is 2.60. The van der Waals surface area contributed by atoms with Crippen LogP contribution in [-0.4, -0.2) is 31.1 Å². The van der Waals surface area contributed by atoms with E-state index in [1.807, 2.05) is 44.2 Å². The van der Waals surface area contributed by atoms with Gasteiger partial charge in [-0.3, -0.25) is 0 Å². The first-order valence-corrected chi connectivity index (χ1v) is 10.2. The van der Waals surface area contributed by atoms with E-state index in [2.05, 4.69) is 18.2 Å². The fourth-order valence-corrected chi connectivity index (χ4v) is 4.33. The highest BCUT2D eigenvalue weighted by atomic mass is 32.2. The molecule has 1 aliphatic heterocycles. The van der Waals surface area contributed by atoms with Crippen molar-refractivity contribution in [3.63, 3.8) is 0 Å². The molecule has 0 aromatic heterocycles. The van der Waals surface area contributed by atoms with Crippen molar-refractivity contribution in [2.75, 3.05) is 12.8 Å². The van der Waals surface area contributed by atoms with E-state index in [0.29, 0.717) is 6.42 Å². The van der Waals surface area contributed by atoms with Gasteiger partial charge < -0.3 is 4.74 Å². The van der Waals surface area contributed by atoms with E-state index in [-0.39, 0.29) is 11.8 Å². The molecule has 134 valence electrons. The van der Waals surface area contributed by atoms with Gasteiger partial charge in [0.1, 0.15) is 11.4 Å². The Morgan fingerprint density at radius 1 is 1.12 bits per heavy atom. The third-order valence-electron chi connectivity index (χ3n) is 4.79. The van der Waals surface area contributed by atoms with Gasteiger partial charge in [-0.2, -0.15) is 4.31 Å². The Labute approximate surface area is 150 Å². The number of hydrogen-bond donors (Lipinski definition) is 0. The molecule has 0 saturated heterocycles. The van der Waals surface area contributed by atoms with Crippen molar-refractivity contribution in [2.45, 2.75) is 38.8 Å². The number of sulfonamides is 1. The number of benzene rings is 2. The second kappa shape index (κ2) is 6.46. The molecule has 2 aromatic rings. The maximum atomic E-state index is 12.5. The minimum Gasteiger partial charge on any atom is -0.487 e. The third kappa shape index (κ3) is 3.58. The van der Waals surface area contributed by atoms with E-state index in [4.69, 9.17) is 4.74 Å². The topological polar surface area (TPSA) is 46.6 Å². The van der Waals surface area contributed by atoms with Crippen molar-refractivity contribution in [1.82, 2.24) is 4.31 Å². The first-order chi connectivity index (χ1) is 11.7. The Hall–Kier alpha value is -1.85. The summed E-state index contributed by atoms with van der Waals surface area (Å²) in [7, 11) is -1.62. The lowest BCUT2D eigenvalue weighted by Gasteiger charge is -2.41. The van der Waals surface area contributed by atoms with Crippen LogP contribution in [0.25, 0.3) is 11.1 Å². The van der Waals surface area contributed by atoms with Gasteiger partial charge >= 0.3 is 0 Å². The molecule has 0 fully saturated rings. The van der Waals surface area contributed by atoms with Gasteiger partial charge in [0.25, 0.3) is 0 Å². The monoisotopic (exact) mass is 359 g/mol. The molecule has 0 amide bonds. The van der Waals surface area contributed by atoms with Gasteiger partial charge in [0.15, 0.2) is 0 Å². The van der Waals surface area contributed by atoms with E-state index < -0.39 is 15.6 Å². The maximum Gasteiger partial charge on any atom is 0.214 e. The van der Waals surface area contributed by atoms with Crippen LogP contribution in [0.1, 0.15) is 38.8 Å². The molecule has 0 N–H and O–H groups in total. The van der Waals surface area contributed by atoms with Crippen molar-refractivity contribution < 1.29 is 13.2 Å². The van der Waals surface area contributed by atoms with Crippen LogP contribution in [0.15, 0.2) is 48.5 Å². The second-order valence-corrected chi connectivity index (χ2v) is 9.43. The Morgan fingerprint density at radius 2 is 1.80 bits per heavy atom. The summed E-state index contributed by atoms with van der Waals surface area (Å²) >= 11 is 0. The number of rotatable bonds is 4. The minimum absolute atomic E-state index is 0.0923. The van der Waals surface area contributed by atoms with Gasteiger partial charge in [0.2, 0.25) is 10.0 Å². The van der Waals surface area contributed by atoms with Crippen molar-refractivity contribution in [3.05, 3.63) is 54.1 Å². The quantitative estimate of drug-likeness (QED) is 0.820. The Bertz CT molecular complexity index is 860. The van der Waals surface area contributed by atoms with Crippen LogP contribution in [0.3, 0.4) is 0 Å². The molecule has 0 bridgehead atoms. The molecule has 2 aromatic carbocycles. The minimum atomic E-state index is -3.29. The van der Waals surface area contributed by atoms with E-state index in [1.54, 1.807) is 14.0 Å². The molecular formula is C20H25NO3S. The van der Waals surface area contributed by atoms with Crippen molar-refractivity contribution in [3.8, 4) is 16.9 Å². The highest BCUT2D eigenvalue weighted by Crippen LogP contribution is 2.44. The summed E-state index contributed by atoms with van der Waals surface area (Å²) < 4.78 is 32.5. The van der Waals surface area contributed by atoms with E-state index in [0.717, 1.165) is 22.4 Å². The SMILES string of the molecule is CCS(=O)(=O)N(C)C1CC(C)(C)Oc2ccc(-c3ccccc3)cc21. The van der Waals surface area contributed by atoms with Gasteiger partial charge in [0, 0.05) is 19.0 Å². The normalized spacial score (nSPS) is 19.3. The highest BCUT2D eigenvalue weighted by Gasteiger charge is 2.39. The first kappa shape index (κ1) is 18.0. The summed E-state index contributed by atoms with van der Waals surface area (Å²) in [4.78, 5) is 0. The lowest BCUT2D eigenvalue weighted by atomic mass is 9.88. The molecule has 0 saturated carbocycles. The molecule has 1 heterocycles. The van der Waals surface area contributed by atoms with Crippen molar-refractivity contribution in [2.24, 2.45) is 0 Å². The van der Waals surface area contributed by atoms with E-state index >= 15 is 0 Å². The molecular weight excluding hydrogens is 334 g/mol. The molecule has 4 nitrogen and oxygen atoms in total. The predicted molar refractivity (Wildman–Crippen MR) is 101 cm³/mol. The number of nitrogens with zero attached hydrogens (tertiary/aromatic N) is 1. The molecule has 1 unspecified atom stereocenters. The summed E-state index contributed by atoms with van der Waals surface area (Å²) in [6.45, 7) is 5.68. The van der Waals surface area contributed by atoms with E-state index in [1.165, 1.54) is 4.31 Å². The molecule has 0 aliphatic carbocycles. The van der Waals surface area contributed by atoms with Gasteiger partial charge in [-0.05, 0) is 44.0 Å². The lowest BCUT2D eigenvalue weighted by molar-refractivity contribution is 0.0542. The Balaban J connectivity index is 2.10. The predicted octanol–water partition coefficient (Wildman–Crippen LogP) is 4.24. The molecule has 5 heteroatoms. The van der Waals surface area contributed by atoms with Crippen molar-refractivity contribution >= 4 is 10.0 Å². The molecule has 1 aliphatic rings. The van der Waals surface area contributed by atoms with Crippen LogP contribution in [0.2, 0.25) is 0 Å². The standard InChI is InChI=1S/C20H25NO3S/c1-5-25(22,23)21(4)18-14-20(2,3)24-19-12-11-16(13-17(18)19)15-9-7-6-8-10-15/h6-13,18H,5,14H2,1-4H3. The van der Waals surface area contributed by atoms with Gasteiger partial charge in [-0.1, -0.05) is 36.4 Å². The van der Waals surface area contributed by atoms with E-state index in [9.17, 15) is 8.42 Å². The second-order valence-electron chi connectivity index (χ2n) is 7.12. The van der Waals surface area contributed by atoms with Crippen LogP contribution in [0, 0.1) is 0 Å². The molecule has 1 atom stereocenters. The van der Waals surface area contributed by atoms with Crippen LogP contribution < -0.4 is 4.74 Å². The summed E-state index contributed by atoms with van der Waals surface area (Å²) in [6, 6.07) is 15.9. The number of hydrogen-bond acceptors (Lipinski definition) is 3. The fraction of sp³-hybridized carbons (Fsp3) is 0.400. The summed E-state index contributed by atoms with van der Waals surface area (Å²) in [5.41, 5.74) is 2.69. The van der Waals surface area contributed by atoms with Gasteiger partial charge in [-0.25, -0.2) is 8.42 Å². The van der Waals surface area contributed by atoms with Crippen LogP contribution in [0.4, 0.5) is 0 Å². The highest BCUT2D eigenvalue weighted by molar-refractivity contribution is 7.89. The maximum absolute atomic E-state index is 12.5. The molecule has 0 spiro atoms. The summed E-state index contributed by atoms with van der Waals surface area (Å²) in [5, 5.41) is 0.